The summed E-state index contributed by atoms with van der Waals surface area (Å²) in [7, 11) is 0. The van der Waals surface area contributed by atoms with Crippen LogP contribution in [0.4, 0.5) is 0 Å². The van der Waals surface area contributed by atoms with Crippen LogP contribution >= 0.6 is 0 Å². The molecule has 0 saturated carbocycles. The lowest BCUT2D eigenvalue weighted by molar-refractivity contribution is 0.187. The quantitative estimate of drug-likeness (QED) is 0.616. The highest BCUT2D eigenvalue weighted by Gasteiger charge is 2.26. The number of hydrogen-bond acceptors (Lipinski definition) is 2. The Labute approximate surface area is 77.6 Å². The van der Waals surface area contributed by atoms with Crippen LogP contribution in [-0.2, 0) is 6.54 Å². The fraction of sp³-hybridized carbons (Fsp3) is 0.273. The van der Waals surface area contributed by atoms with Crippen molar-refractivity contribution >= 4 is 0 Å². The van der Waals surface area contributed by atoms with Crippen molar-refractivity contribution in [2.24, 2.45) is 0 Å². The maximum absolute atomic E-state index is 9.51. The Hall–Kier alpha value is -1.30. The second-order valence-electron chi connectivity index (χ2n) is 3.17. The average molecular weight is 173 g/mol. The van der Waals surface area contributed by atoms with Gasteiger partial charge in [0.2, 0.25) is 0 Å². The molecule has 1 aliphatic rings. The summed E-state index contributed by atoms with van der Waals surface area (Å²) in [6, 6.07) is 7.90. The van der Waals surface area contributed by atoms with E-state index in [2.05, 4.69) is 11.2 Å². The first-order valence-electron chi connectivity index (χ1n) is 4.28. The highest BCUT2D eigenvalue weighted by atomic mass is 16.3. The molecule has 0 bridgehead atoms. The van der Waals surface area contributed by atoms with E-state index >= 15 is 0 Å². The first-order valence-corrected chi connectivity index (χ1v) is 4.28. The Kier molecular flexibility index (Phi) is 2.05. The van der Waals surface area contributed by atoms with E-state index in [0.717, 1.165) is 12.1 Å². The molecule has 0 spiro atoms. The molecule has 1 aromatic rings. The molecule has 1 heterocycles. The molecular weight excluding hydrogens is 162 g/mol. The van der Waals surface area contributed by atoms with Gasteiger partial charge in [0.15, 0.2) is 0 Å². The summed E-state index contributed by atoms with van der Waals surface area (Å²) in [4.78, 5) is 0. The number of benzene rings is 1. The fourth-order valence-corrected chi connectivity index (χ4v) is 1.71. The van der Waals surface area contributed by atoms with Crippen LogP contribution in [0.15, 0.2) is 24.3 Å². The number of aliphatic hydroxyl groups is 1. The number of rotatable bonds is 1. The lowest BCUT2D eigenvalue weighted by atomic mass is 10.0. The lowest BCUT2D eigenvalue weighted by Gasteiger charge is -2.13. The Bertz CT molecular complexity index is 353. The van der Waals surface area contributed by atoms with Gasteiger partial charge in [0, 0.05) is 6.54 Å². The van der Waals surface area contributed by atoms with Crippen molar-refractivity contribution in [2.75, 3.05) is 0 Å². The molecule has 2 N–H and O–H groups in total. The third kappa shape index (κ3) is 1.33. The Morgan fingerprint density at radius 1 is 1.54 bits per heavy atom. The summed E-state index contributed by atoms with van der Waals surface area (Å²) < 4.78 is 0. The monoisotopic (exact) mass is 173 g/mol. The van der Waals surface area contributed by atoms with Crippen molar-refractivity contribution in [3.63, 3.8) is 0 Å². The van der Waals surface area contributed by atoms with E-state index in [4.69, 9.17) is 6.42 Å². The maximum Gasteiger partial charge on any atom is 0.133 e. The van der Waals surface area contributed by atoms with E-state index in [1.807, 2.05) is 24.3 Å². The molecule has 0 aromatic heterocycles. The summed E-state index contributed by atoms with van der Waals surface area (Å²) in [6.07, 6.45) is 4.44. The Morgan fingerprint density at radius 2 is 2.31 bits per heavy atom. The van der Waals surface area contributed by atoms with Gasteiger partial charge in [0.25, 0.3) is 0 Å². The van der Waals surface area contributed by atoms with Gasteiger partial charge in [0.1, 0.15) is 6.10 Å². The third-order valence-electron chi connectivity index (χ3n) is 2.39. The smallest absolute Gasteiger partial charge is 0.133 e. The summed E-state index contributed by atoms with van der Waals surface area (Å²) in [6.45, 7) is 0.791. The van der Waals surface area contributed by atoms with Crippen LogP contribution < -0.4 is 5.32 Å². The SMILES string of the molecule is C#CC(O)C1NCc2ccccc21. The average Bonchev–Trinajstić information content (AvgIpc) is 2.60. The van der Waals surface area contributed by atoms with Gasteiger partial charge in [-0.1, -0.05) is 30.2 Å². The number of fused-ring (bicyclic) bond motifs is 1. The highest BCUT2D eigenvalue weighted by Crippen LogP contribution is 2.26. The van der Waals surface area contributed by atoms with Crippen molar-refractivity contribution in [1.29, 1.82) is 0 Å². The van der Waals surface area contributed by atoms with Gasteiger partial charge in [-0.25, -0.2) is 0 Å². The van der Waals surface area contributed by atoms with E-state index in [9.17, 15) is 5.11 Å². The zero-order valence-corrected chi connectivity index (χ0v) is 7.20. The topological polar surface area (TPSA) is 32.3 Å². The Balaban J connectivity index is 2.34. The van der Waals surface area contributed by atoms with Crippen LogP contribution in [0.5, 0.6) is 0 Å². The third-order valence-corrected chi connectivity index (χ3v) is 2.39. The van der Waals surface area contributed by atoms with Crippen molar-refractivity contribution in [3.8, 4) is 12.3 Å². The minimum atomic E-state index is -0.733. The summed E-state index contributed by atoms with van der Waals surface area (Å²) >= 11 is 0. The molecule has 1 aliphatic heterocycles. The molecule has 2 unspecified atom stereocenters. The van der Waals surface area contributed by atoms with E-state index in [0.29, 0.717) is 0 Å². The number of aliphatic hydroxyl groups excluding tert-OH is 1. The molecule has 0 fully saturated rings. The van der Waals surface area contributed by atoms with Crippen molar-refractivity contribution in [2.45, 2.75) is 18.7 Å². The van der Waals surface area contributed by atoms with Gasteiger partial charge >= 0.3 is 0 Å². The van der Waals surface area contributed by atoms with Crippen LogP contribution in [0.1, 0.15) is 17.2 Å². The van der Waals surface area contributed by atoms with Gasteiger partial charge in [-0.3, -0.25) is 0 Å². The zero-order chi connectivity index (χ0) is 9.26. The molecule has 66 valence electrons. The molecule has 2 nitrogen and oxygen atoms in total. The molecule has 2 rings (SSSR count). The molecule has 0 saturated heterocycles. The second kappa shape index (κ2) is 3.21. The largest absolute Gasteiger partial charge is 0.378 e. The zero-order valence-electron chi connectivity index (χ0n) is 7.20. The molecule has 2 atom stereocenters. The van der Waals surface area contributed by atoms with Gasteiger partial charge in [0.05, 0.1) is 6.04 Å². The van der Waals surface area contributed by atoms with Crippen LogP contribution in [0.3, 0.4) is 0 Å². The summed E-state index contributed by atoms with van der Waals surface area (Å²) in [5.74, 6) is 2.34. The molecular formula is C11H11NO. The van der Waals surface area contributed by atoms with Crippen molar-refractivity contribution < 1.29 is 5.11 Å². The van der Waals surface area contributed by atoms with Gasteiger partial charge in [-0.15, -0.1) is 6.42 Å². The van der Waals surface area contributed by atoms with Crippen molar-refractivity contribution in [3.05, 3.63) is 35.4 Å². The van der Waals surface area contributed by atoms with Crippen LogP contribution in [-0.4, -0.2) is 11.2 Å². The van der Waals surface area contributed by atoms with Crippen LogP contribution in [0.2, 0.25) is 0 Å². The van der Waals surface area contributed by atoms with Gasteiger partial charge in [-0.05, 0) is 11.1 Å². The molecule has 1 aromatic carbocycles. The van der Waals surface area contributed by atoms with E-state index in [1.54, 1.807) is 0 Å². The van der Waals surface area contributed by atoms with E-state index in [-0.39, 0.29) is 6.04 Å². The first kappa shape index (κ1) is 8.31. The van der Waals surface area contributed by atoms with Crippen LogP contribution in [0, 0.1) is 12.3 Å². The molecule has 2 heteroatoms. The highest BCUT2D eigenvalue weighted by molar-refractivity contribution is 5.35. The minimum Gasteiger partial charge on any atom is -0.378 e. The number of nitrogens with one attached hydrogen (secondary N) is 1. The number of terminal acetylenes is 1. The molecule has 0 aliphatic carbocycles. The number of hydrogen-bond donors (Lipinski definition) is 2. The predicted molar refractivity (Wildman–Crippen MR) is 50.9 cm³/mol. The Morgan fingerprint density at radius 3 is 3.08 bits per heavy atom. The molecule has 13 heavy (non-hydrogen) atoms. The van der Waals surface area contributed by atoms with E-state index in [1.165, 1.54) is 5.56 Å². The van der Waals surface area contributed by atoms with E-state index < -0.39 is 6.10 Å². The molecule has 0 radical (unpaired) electrons. The van der Waals surface area contributed by atoms with Gasteiger partial charge < -0.3 is 10.4 Å². The summed E-state index contributed by atoms with van der Waals surface area (Å²) in [5, 5.41) is 12.7. The predicted octanol–water partition coefficient (Wildman–Crippen LogP) is 0.825. The molecule has 0 amide bonds. The fourth-order valence-electron chi connectivity index (χ4n) is 1.71. The van der Waals surface area contributed by atoms with Gasteiger partial charge in [-0.2, -0.15) is 0 Å². The van der Waals surface area contributed by atoms with Crippen molar-refractivity contribution in [1.82, 2.24) is 5.32 Å². The normalized spacial score (nSPS) is 22.0. The first-order chi connectivity index (χ1) is 6.33. The maximum atomic E-state index is 9.51. The summed E-state index contributed by atoms with van der Waals surface area (Å²) in [5.41, 5.74) is 2.34. The standard InChI is InChI=1S/C11H11NO/c1-2-10(13)11-9-6-4-3-5-8(9)7-12-11/h1,3-6,10-13H,7H2. The minimum absolute atomic E-state index is 0.0961. The van der Waals surface area contributed by atoms with Crippen LogP contribution in [0.25, 0.3) is 0 Å². The second-order valence-corrected chi connectivity index (χ2v) is 3.17. The lowest BCUT2D eigenvalue weighted by Crippen LogP contribution is -2.24.